The van der Waals surface area contributed by atoms with E-state index >= 15 is 0 Å². The average Bonchev–Trinajstić information content (AvgIpc) is 2.35. The van der Waals surface area contributed by atoms with Gasteiger partial charge in [0.2, 0.25) is 6.08 Å². The highest BCUT2D eigenvalue weighted by Gasteiger charge is 2.42. The number of carbonyl (C=O) groups excluding carboxylic acids is 1. The molecule has 1 aromatic carbocycles. The molecular formula is C16H19NO2. The summed E-state index contributed by atoms with van der Waals surface area (Å²) in [5.74, 6) is 0.317. The van der Waals surface area contributed by atoms with Crippen molar-refractivity contribution in [3.05, 3.63) is 28.3 Å². The third-order valence-corrected chi connectivity index (χ3v) is 4.81. The molecule has 0 atom stereocenters. The Bertz CT molecular complexity index is 567. The van der Waals surface area contributed by atoms with E-state index in [0.717, 1.165) is 43.2 Å². The molecule has 0 heterocycles. The highest BCUT2D eigenvalue weighted by Crippen LogP contribution is 2.50. The number of phenols is 1. The minimum atomic E-state index is -0.498. The normalized spacial score (nSPS) is 20.1. The number of benzene rings is 1. The standard InChI is InChI=1S/C16H19NO2/c1-11-13-6-3-2-5-12(13)9-14(19)15(11)16(17-10-18)7-4-8-16/h9,19H,2-8H2,1H3. The van der Waals surface area contributed by atoms with Crippen LogP contribution in [0.4, 0.5) is 0 Å². The molecule has 0 aromatic heterocycles. The zero-order chi connectivity index (χ0) is 13.5. The topological polar surface area (TPSA) is 49.7 Å². The maximum atomic E-state index is 10.7. The maximum Gasteiger partial charge on any atom is 0.235 e. The first-order chi connectivity index (χ1) is 9.18. The fourth-order valence-electron chi connectivity index (χ4n) is 3.70. The summed E-state index contributed by atoms with van der Waals surface area (Å²) in [6, 6.07) is 1.90. The van der Waals surface area contributed by atoms with Crippen LogP contribution < -0.4 is 0 Å². The van der Waals surface area contributed by atoms with Gasteiger partial charge in [0.15, 0.2) is 0 Å². The van der Waals surface area contributed by atoms with Gasteiger partial charge in [-0.2, -0.15) is 4.99 Å². The lowest BCUT2D eigenvalue weighted by Gasteiger charge is -2.39. The highest BCUT2D eigenvalue weighted by atomic mass is 16.3. The van der Waals surface area contributed by atoms with Gasteiger partial charge in [0.25, 0.3) is 0 Å². The third-order valence-electron chi connectivity index (χ3n) is 4.81. The molecule has 1 N–H and O–H groups in total. The van der Waals surface area contributed by atoms with E-state index in [1.165, 1.54) is 24.0 Å². The molecule has 0 saturated heterocycles. The number of nitrogens with zero attached hydrogens (tertiary/aromatic N) is 1. The molecule has 2 aliphatic rings. The van der Waals surface area contributed by atoms with E-state index < -0.39 is 5.54 Å². The van der Waals surface area contributed by atoms with Gasteiger partial charge in [0.1, 0.15) is 11.3 Å². The number of isocyanates is 1. The maximum absolute atomic E-state index is 10.7. The van der Waals surface area contributed by atoms with Gasteiger partial charge in [0, 0.05) is 5.56 Å². The molecule has 0 amide bonds. The van der Waals surface area contributed by atoms with Gasteiger partial charge < -0.3 is 5.11 Å². The van der Waals surface area contributed by atoms with E-state index in [4.69, 9.17) is 0 Å². The fourth-order valence-corrected chi connectivity index (χ4v) is 3.70. The number of hydrogen-bond donors (Lipinski definition) is 1. The largest absolute Gasteiger partial charge is 0.508 e. The molecule has 0 spiro atoms. The second-order valence-electron chi connectivity index (χ2n) is 5.83. The van der Waals surface area contributed by atoms with Crippen LogP contribution in [0.2, 0.25) is 0 Å². The van der Waals surface area contributed by atoms with Gasteiger partial charge in [-0.05, 0) is 74.6 Å². The van der Waals surface area contributed by atoms with Crippen LogP contribution in [0, 0.1) is 6.92 Å². The lowest BCUT2D eigenvalue weighted by molar-refractivity contribution is 0.246. The van der Waals surface area contributed by atoms with Crippen LogP contribution in [0.3, 0.4) is 0 Å². The van der Waals surface area contributed by atoms with E-state index in [1.54, 1.807) is 6.08 Å². The minimum absolute atomic E-state index is 0.317. The molecule has 0 aliphatic heterocycles. The Kier molecular flexibility index (Phi) is 2.94. The summed E-state index contributed by atoms with van der Waals surface area (Å²) in [6.07, 6.45) is 8.99. The summed E-state index contributed by atoms with van der Waals surface area (Å²) in [7, 11) is 0. The Hall–Kier alpha value is -1.60. The third kappa shape index (κ3) is 1.81. The zero-order valence-electron chi connectivity index (χ0n) is 11.3. The molecule has 0 unspecified atom stereocenters. The van der Waals surface area contributed by atoms with Crippen molar-refractivity contribution in [1.29, 1.82) is 0 Å². The molecule has 3 heteroatoms. The molecular weight excluding hydrogens is 238 g/mol. The van der Waals surface area contributed by atoms with Crippen molar-refractivity contribution in [1.82, 2.24) is 0 Å². The van der Waals surface area contributed by atoms with Crippen molar-refractivity contribution in [2.75, 3.05) is 0 Å². The molecule has 0 bridgehead atoms. The first kappa shape index (κ1) is 12.4. The number of aromatic hydroxyl groups is 1. The molecule has 1 fully saturated rings. The average molecular weight is 257 g/mol. The van der Waals surface area contributed by atoms with Gasteiger partial charge in [0.05, 0.1) is 0 Å². The van der Waals surface area contributed by atoms with Crippen LogP contribution in [0.5, 0.6) is 5.75 Å². The smallest absolute Gasteiger partial charge is 0.235 e. The van der Waals surface area contributed by atoms with Crippen molar-refractivity contribution in [2.45, 2.75) is 57.4 Å². The molecule has 3 rings (SSSR count). The van der Waals surface area contributed by atoms with E-state index in [0.29, 0.717) is 5.75 Å². The lowest BCUT2D eigenvalue weighted by Crippen LogP contribution is -2.33. The molecule has 1 saturated carbocycles. The summed E-state index contributed by atoms with van der Waals surface area (Å²) in [5.41, 5.74) is 4.17. The zero-order valence-corrected chi connectivity index (χ0v) is 11.3. The quantitative estimate of drug-likeness (QED) is 0.653. The van der Waals surface area contributed by atoms with Crippen molar-refractivity contribution >= 4 is 6.08 Å². The number of aryl methyl sites for hydroxylation is 1. The molecule has 100 valence electrons. The van der Waals surface area contributed by atoms with E-state index in [-0.39, 0.29) is 0 Å². The van der Waals surface area contributed by atoms with Gasteiger partial charge in [-0.25, -0.2) is 4.79 Å². The Morgan fingerprint density at radius 3 is 2.63 bits per heavy atom. The Morgan fingerprint density at radius 2 is 2.00 bits per heavy atom. The Morgan fingerprint density at radius 1 is 1.26 bits per heavy atom. The Balaban J connectivity index is 2.18. The van der Waals surface area contributed by atoms with Crippen LogP contribution in [-0.4, -0.2) is 11.2 Å². The highest BCUT2D eigenvalue weighted by molar-refractivity contribution is 5.55. The fraction of sp³-hybridized carbons (Fsp3) is 0.562. The summed E-state index contributed by atoms with van der Waals surface area (Å²) < 4.78 is 0. The SMILES string of the molecule is Cc1c2c(cc(O)c1C1(N=C=O)CCC1)CCCC2. The predicted octanol–water partition coefficient (Wildman–Crippen LogP) is 3.29. The van der Waals surface area contributed by atoms with Crippen molar-refractivity contribution in [3.8, 4) is 5.75 Å². The number of phenolic OH excluding ortho intramolecular Hbond substituents is 1. The van der Waals surface area contributed by atoms with Gasteiger partial charge in [-0.3, -0.25) is 0 Å². The van der Waals surface area contributed by atoms with Crippen molar-refractivity contribution in [2.24, 2.45) is 4.99 Å². The molecule has 2 aliphatic carbocycles. The number of hydrogen-bond acceptors (Lipinski definition) is 3. The number of aliphatic imine (C=N–C) groups is 1. The predicted molar refractivity (Wildman–Crippen MR) is 73.1 cm³/mol. The first-order valence-electron chi connectivity index (χ1n) is 7.12. The first-order valence-corrected chi connectivity index (χ1v) is 7.12. The van der Waals surface area contributed by atoms with Crippen molar-refractivity contribution in [3.63, 3.8) is 0 Å². The lowest BCUT2D eigenvalue weighted by atomic mass is 9.69. The van der Waals surface area contributed by atoms with Crippen LogP contribution >= 0.6 is 0 Å². The van der Waals surface area contributed by atoms with Gasteiger partial charge in [-0.1, -0.05) is 0 Å². The van der Waals surface area contributed by atoms with E-state index in [9.17, 15) is 9.90 Å². The number of rotatable bonds is 2. The summed E-state index contributed by atoms with van der Waals surface area (Å²) in [5, 5.41) is 10.4. The summed E-state index contributed by atoms with van der Waals surface area (Å²) >= 11 is 0. The second-order valence-corrected chi connectivity index (χ2v) is 5.83. The molecule has 19 heavy (non-hydrogen) atoms. The van der Waals surface area contributed by atoms with Gasteiger partial charge in [-0.15, -0.1) is 0 Å². The Labute approximate surface area is 113 Å². The van der Waals surface area contributed by atoms with Crippen LogP contribution in [-0.2, 0) is 23.2 Å². The minimum Gasteiger partial charge on any atom is -0.508 e. The monoisotopic (exact) mass is 257 g/mol. The number of fused-ring (bicyclic) bond motifs is 1. The summed E-state index contributed by atoms with van der Waals surface area (Å²) in [6.45, 7) is 2.07. The van der Waals surface area contributed by atoms with Gasteiger partial charge >= 0.3 is 0 Å². The second kappa shape index (κ2) is 4.50. The van der Waals surface area contributed by atoms with E-state index in [1.807, 2.05) is 6.07 Å². The summed E-state index contributed by atoms with van der Waals surface area (Å²) in [4.78, 5) is 14.8. The van der Waals surface area contributed by atoms with E-state index in [2.05, 4.69) is 11.9 Å². The van der Waals surface area contributed by atoms with Crippen molar-refractivity contribution < 1.29 is 9.90 Å². The van der Waals surface area contributed by atoms with Crippen LogP contribution in [0.25, 0.3) is 0 Å². The molecule has 0 radical (unpaired) electrons. The van der Waals surface area contributed by atoms with Crippen LogP contribution in [0.15, 0.2) is 11.1 Å². The molecule has 3 nitrogen and oxygen atoms in total. The molecule has 1 aromatic rings. The van der Waals surface area contributed by atoms with Crippen LogP contribution in [0.1, 0.15) is 54.4 Å².